The van der Waals surface area contributed by atoms with E-state index in [0.29, 0.717) is 13.1 Å². The van der Waals surface area contributed by atoms with E-state index in [1.165, 1.54) is 0 Å². The summed E-state index contributed by atoms with van der Waals surface area (Å²) < 4.78 is 7.40. The Morgan fingerprint density at radius 2 is 2.07 bits per heavy atom. The van der Waals surface area contributed by atoms with Gasteiger partial charge in [-0.2, -0.15) is 5.10 Å². The number of halogens is 1. The third-order valence-corrected chi connectivity index (χ3v) is 4.38. The number of hydrogen-bond donors (Lipinski definition) is 2. The van der Waals surface area contributed by atoms with Crippen LogP contribution in [0, 0.1) is 0 Å². The number of guanidine groups is 1. The van der Waals surface area contributed by atoms with Crippen molar-refractivity contribution in [1.82, 2.24) is 20.4 Å². The molecule has 29 heavy (non-hydrogen) atoms. The van der Waals surface area contributed by atoms with Gasteiger partial charge in [0.2, 0.25) is 0 Å². The molecule has 0 fully saturated rings. The first-order valence-corrected chi connectivity index (χ1v) is 9.79. The summed E-state index contributed by atoms with van der Waals surface area (Å²) in [7, 11) is 0. The number of nitrogens with zero attached hydrogens (tertiary/aromatic N) is 4. The Morgan fingerprint density at radius 1 is 1.21 bits per heavy atom. The first-order valence-electron chi connectivity index (χ1n) is 9.79. The highest BCUT2D eigenvalue weighted by molar-refractivity contribution is 14.0. The predicted octanol–water partition coefficient (Wildman–Crippen LogP) is 2.26. The highest BCUT2D eigenvalue weighted by Crippen LogP contribution is 2.31. The second-order valence-electron chi connectivity index (χ2n) is 6.47. The van der Waals surface area contributed by atoms with Gasteiger partial charge in [-0.1, -0.05) is 12.1 Å². The minimum atomic E-state index is -0.00803. The van der Waals surface area contributed by atoms with Crippen molar-refractivity contribution < 1.29 is 9.53 Å². The van der Waals surface area contributed by atoms with Crippen LogP contribution in [0.4, 0.5) is 5.69 Å². The Kier molecular flexibility index (Phi) is 9.75. The maximum absolute atomic E-state index is 12.2. The Hall–Kier alpha value is -2.30. The first-order chi connectivity index (χ1) is 13.8. The molecule has 158 valence electrons. The van der Waals surface area contributed by atoms with Crippen molar-refractivity contribution >= 4 is 41.5 Å². The fraction of sp³-hybridized carbons (Fsp3) is 0.450. The molecular formula is C20H29IN6O2. The molecule has 2 aromatic rings. The van der Waals surface area contributed by atoms with Gasteiger partial charge in [-0.3, -0.25) is 14.5 Å². The number of ether oxygens (including phenoxy) is 1. The van der Waals surface area contributed by atoms with Crippen molar-refractivity contribution in [2.45, 2.75) is 26.3 Å². The van der Waals surface area contributed by atoms with Crippen LogP contribution in [0.5, 0.6) is 5.75 Å². The highest BCUT2D eigenvalue weighted by Gasteiger charge is 2.24. The van der Waals surface area contributed by atoms with Crippen LogP contribution in [0.15, 0.2) is 47.7 Å². The molecule has 1 aliphatic rings. The van der Waals surface area contributed by atoms with Gasteiger partial charge in [0.15, 0.2) is 12.6 Å². The van der Waals surface area contributed by atoms with Crippen LogP contribution in [0.3, 0.4) is 0 Å². The van der Waals surface area contributed by atoms with E-state index < -0.39 is 0 Å². The molecular weight excluding hydrogens is 483 g/mol. The zero-order valence-corrected chi connectivity index (χ0v) is 19.0. The lowest BCUT2D eigenvalue weighted by molar-refractivity contribution is -0.121. The SMILES string of the molecule is CCNC(=NCCCN1C(=O)COc2ccccc21)NCCCn1cccn1.I. The second kappa shape index (κ2) is 12.3. The fourth-order valence-corrected chi connectivity index (χ4v) is 3.04. The first kappa shape index (κ1) is 23.0. The lowest BCUT2D eigenvalue weighted by Gasteiger charge is -2.29. The van der Waals surface area contributed by atoms with Crippen LogP contribution in [0.25, 0.3) is 0 Å². The fourth-order valence-electron chi connectivity index (χ4n) is 3.04. The molecule has 0 aliphatic carbocycles. The molecule has 0 bridgehead atoms. The number of nitrogens with one attached hydrogen (secondary N) is 2. The molecule has 0 spiro atoms. The number of carbonyl (C=O) groups excluding carboxylic acids is 1. The van der Waals surface area contributed by atoms with Crippen molar-refractivity contribution in [2.24, 2.45) is 4.99 Å². The van der Waals surface area contributed by atoms with E-state index in [0.717, 1.165) is 49.9 Å². The monoisotopic (exact) mass is 512 g/mol. The van der Waals surface area contributed by atoms with E-state index in [2.05, 4.69) is 20.7 Å². The standard InChI is InChI=1S/C20H28N6O2.HI/c1-2-21-20(22-10-5-13-25-14-7-12-24-25)23-11-6-15-26-17-8-3-4-9-18(17)28-16-19(26)27;/h3-4,7-9,12,14H,2,5-6,10-11,13,15-16H2,1H3,(H2,21,22,23);1H. The van der Waals surface area contributed by atoms with Crippen LogP contribution >= 0.6 is 24.0 Å². The van der Waals surface area contributed by atoms with Gasteiger partial charge in [0.25, 0.3) is 5.91 Å². The third kappa shape index (κ3) is 6.91. The smallest absolute Gasteiger partial charge is 0.265 e. The minimum absolute atomic E-state index is 0. The topological polar surface area (TPSA) is 83.8 Å². The van der Waals surface area contributed by atoms with Crippen molar-refractivity contribution in [3.05, 3.63) is 42.7 Å². The van der Waals surface area contributed by atoms with E-state index in [-0.39, 0.29) is 36.5 Å². The van der Waals surface area contributed by atoms with Gasteiger partial charge in [0.05, 0.1) is 5.69 Å². The lowest BCUT2D eigenvalue weighted by atomic mass is 10.2. The van der Waals surface area contributed by atoms with Gasteiger partial charge in [0, 0.05) is 45.1 Å². The van der Waals surface area contributed by atoms with Gasteiger partial charge in [-0.05, 0) is 38.0 Å². The molecule has 3 rings (SSSR count). The van der Waals surface area contributed by atoms with E-state index in [9.17, 15) is 4.79 Å². The molecule has 0 saturated carbocycles. The van der Waals surface area contributed by atoms with Gasteiger partial charge < -0.3 is 20.3 Å². The maximum atomic E-state index is 12.2. The Balaban J connectivity index is 0.00000300. The van der Waals surface area contributed by atoms with Gasteiger partial charge in [-0.25, -0.2) is 0 Å². The number of benzene rings is 1. The summed E-state index contributed by atoms with van der Waals surface area (Å²) in [5.74, 6) is 1.56. The van der Waals surface area contributed by atoms with Crippen molar-refractivity contribution in [2.75, 3.05) is 37.7 Å². The molecule has 2 heterocycles. The van der Waals surface area contributed by atoms with Gasteiger partial charge >= 0.3 is 0 Å². The summed E-state index contributed by atoms with van der Waals surface area (Å²) in [6, 6.07) is 9.57. The summed E-state index contributed by atoms with van der Waals surface area (Å²) in [4.78, 5) is 18.6. The lowest BCUT2D eigenvalue weighted by Crippen LogP contribution is -2.40. The number of amides is 1. The molecule has 1 aromatic heterocycles. The quantitative estimate of drug-likeness (QED) is 0.233. The summed E-state index contributed by atoms with van der Waals surface area (Å²) in [6.45, 7) is 5.91. The number of rotatable bonds is 9. The molecule has 8 nitrogen and oxygen atoms in total. The average Bonchev–Trinajstić information content (AvgIpc) is 3.23. The third-order valence-electron chi connectivity index (χ3n) is 4.38. The Morgan fingerprint density at radius 3 is 2.86 bits per heavy atom. The van der Waals surface area contributed by atoms with Crippen molar-refractivity contribution in [3.8, 4) is 5.75 Å². The van der Waals surface area contributed by atoms with E-state index >= 15 is 0 Å². The highest BCUT2D eigenvalue weighted by atomic mass is 127. The second-order valence-corrected chi connectivity index (χ2v) is 6.47. The molecule has 1 aliphatic heterocycles. The summed E-state index contributed by atoms with van der Waals surface area (Å²) in [6.07, 6.45) is 5.50. The molecule has 0 saturated heterocycles. The maximum Gasteiger partial charge on any atom is 0.265 e. The zero-order chi connectivity index (χ0) is 19.6. The number of aliphatic imine (C=N–C) groups is 1. The number of fused-ring (bicyclic) bond motifs is 1. The van der Waals surface area contributed by atoms with Gasteiger partial charge in [0.1, 0.15) is 5.75 Å². The summed E-state index contributed by atoms with van der Waals surface area (Å²) >= 11 is 0. The molecule has 0 radical (unpaired) electrons. The number of aromatic nitrogens is 2. The van der Waals surface area contributed by atoms with E-state index in [1.807, 2.05) is 48.1 Å². The number of carbonyl (C=O) groups is 1. The summed E-state index contributed by atoms with van der Waals surface area (Å²) in [5, 5.41) is 10.8. The largest absolute Gasteiger partial charge is 0.482 e. The molecule has 0 unspecified atom stereocenters. The van der Waals surface area contributed by atoms with Crippen LogP contribution in [0.1, 0.15) is 19.8 Å². The average molecular weight is 512 g/mol. The van der Waals surface area contributed by atoms with Crippen molar-refractivity contribution in [3.63, 3.8) is 0 Å². The van der Waals surface area contributed by atoms with Crippen LogP contribution in [-0.4, -0.2) is 54.4 Å². The van der Waals surface area contributed by atoms with Crippen molar-refractivity contribution in [1.29, 1.82) is 0 Å². The molecule has 1 amide bonds. The van der Waals surface area contributed by atoms with Crippen LogP contribution in [0.2, 0.25) is 0 Å². The summed E-state index contributed by atoms with van der Waals surface area (Å²) in [5.41, 5.74) is 0.839. The van der Waals surface area contributed by atoms with Crippen LogP contribution in [-0.2, 0) is 11.3 Å². The minimum Gasteiger partial charge on any atom is -0.482 e. The Labute approximate surface area is 188 Å². The number of para-hydroxylation sites is 2. The predicted molar refractivity (Wildman–Crippen MR) is 125 cm³/mol. The number of aryl methyl sites for hydroxylation is 1. The molecule has 9 heteroatoms. The van der Waals surface area contributed by atoms with E-state index in [1.54, 1.807) is 11.1 Å². The Bertz CT molecular complexity index is 781. The zero-order valence-electron chi connectivity index (χ0n) is 16.7. The van der Waals surface area contributed by atoms with E-state index in [4.69, 9.17) is 4.74 Å². The van der Waals surface area contributed by atoms with Gasteiger partial charge in [-0.15, -0.1) is 24.0 Å². The van der Waals surface area contributed by atoms with Crippen LogP contribution < -0.4 is 20.3 Å². The number of hydrogen-bond acceptors (Lipinski definition) is 4. The molecule has 1 aromatic carbocycles. The number of anilines is 1. The normalized spacial score (nSPS) is 13.3. The molecule has 2 N–H and O–H groups in total. The molecule has 0 atom stereocenters.